The molecule has 5 rings (SSSR count). The van der Waals surface area contributed by atoms with Gasteiger partial charge in [-0.1, -0.05) is 24.3 Å². The van der Waals surface area contributed by atoms with Crippen molar-refractivity contribution in [2.24, 2.45) is 0 Å². The number of ether oxygens (including phenoxy) is 1. The zero-order valence-electron chi connectivity index (χ0n) is 16.9. The maximum Gasteiger partial charge on any atom is 0.218 e. The van der Waals surface area contributed by atoms with E-state index in [2.05, 4.69) is 54.1 Å². The van der Waals surface area contributed by atoms with Crippen LogP contribution in [0, 0.1) is 6.92 Å². The standard InChI is InChI=1S/C22H22N6OS/c1-15-26-17(13-30-15)11-27-8-7-23-22(27)19-12-28(10-16-5-3-4-6-18(16)19)20-9-21(29-2)25-14-24-20/h3-9,13-14,19H,10-12H2,1-2H3. The molecule has 0 bridgehead atoms. The average Bonchev–Trinajstić information content (AvgIpc) is 3.42. The molecule has 0 aliphatic carbocycles. The van der Waals surface area contributed by atoms with E-state index < -0.39 is 0 Å². The fraction of sp³-hybridized carbons (Fsp3) is 0.273. The van der Waals surface area contributed by atoms with Crippen LogP contribution in [0.1, 0.15) is 33.6 Å². The SMILES string of the molecule is COc1cc(N2Cc3ccccc3C(c3nccn3Cc3csc(C)n3)C2)ncn1. The third kappa shape index (κ3) is 3.54. The summed E-state index contributed by atoms with van der Waals surface area (Å²) < 4.78 is 7.51. The molecule has 8 heteroatoms. The molecule has 1 unspecified atom stereocenters. The predicted molar refractivity (Wildman–Crippen MR) is 116 cm³/mol. The number of nitrogens with zero attached hydrogens (tertiary/aromatic N) is 6. The quantitative estimate of drug-likeness (QED) is 0.493. The highest BCUT2D eigenvalue weighted by Gasteiger charge is 2.30. The molecule has 1 atom stereocenters. The third-order valence-corrected chi connectivity index (χ3v) is 6.24. The van der Waals surface area contributed by atoms with E-state index in [9.17, 15) is 0 Å². The first-order valence-corrected chi connectivity index (χ1v) is 10.7. The summed E-state index contributed by atoms with van der Waals surface area (Å²) in [6, 6.07) is 10.5. The van der Waals surface area contributed by atoms with Gasteiger partial charge >= 0.3 is 0 Å². The fourth-order valence-corrected chi connectivity index (χ4v) is 4.64. The lowest BCUT2D eigenvalue weighted by atomic mass is 9.89. The minimum atomic E-state index is 0.130. The molecule has 30 heavy (non-hydrogen) atoms. The Balaban J connectivity index is 1.52. The zero-order valence-corrected chi connectivity index (χ0v) is 17.7. The molecule has 0 spiro atoms. The second-order valence-electron chi connectivity index (χ2n) is 7.32. The van der Waals surface area contributed by atoms with Gasteiger partial charge in [-0.25, -0.2) is 19.9 Å². The number of benzene rings is 1. The van der Waals surface area contributed by atoms with Crippen LogP contribution in [-0.4, -0.2) is 38.2 Å². The number of anilines is 1. The Hall–Kier alpha value is -3.26. The maximum absolute atomic E-state index is 5.30. The van der Waals surface area contributed by atoms with E-state index in [-0.39, 0.29) is 5.92 Å². The number of thiazole rings is 1. The molecule has 0 N–H and O–H groups in total. The van der Waals surface area contributed by atoms with Crippen LogP contribution in [0.2, 0.25) is 0 Å². The van der Waals surface area contributed by atoms with Crippen molar-refractivity contribution in [3.63, 3.8) is 0 Å². The Bertz CT molecular complexity index is 1170. The highest BCUT2D eigenvalue weighted by Crippen LogP contribution is 2.35. The summed E-state index contributed by atoms with van der Waals surface area (Å²) in [7, 11) is 1.62. The lowest BCUT2D eigenvalue weighted by Crippen LogP contribution is -2.35. The van der Waals surface area contributed by atoms with Gasteiger partial charge in [0.1, 0.15) is 18.0 Å². The summed E-state index contributed by atoms with van der Waals surface area (Å²) in [5.41, 5.74) is 3.67. The molecule has 3 aromatic heterocycles. The molecule has 1 aromatic carbocycles. The first kappa shape index (κ1) is 18.7. The molecular weight excluding hydrogens is 396 g/mol. The largest absolute Gasteiger partial charge is 0.481 e. The van der Waals surface area contributed by atoms with Crippen LogP contribution in [-0.2, 0) is 13.1 Å². The van der Waals surface area contributed by atoms with Gasteiger partial charge in [0.15, 0.2) is 0 Å². The van der Waals surface area contributed by atoms with Crippen LogP contribution in [0.15, 0.2) is 54.4 Å². The molecule has 0 saturated carbocycles. The molecule has 4 heterocycles. The molecule has 7 nitrogen and oxygen atoms in total. The number of aromatic nitrogens is 5. The minimum Gasteiger partial charge on any atom is -0.481 e. The van der Waals surface area contributed by atoms with E-state index in [1.54, 1.807) is 24.8 Å². The topological polar surface area (TPSA) is 69.0 Å². The van der Waals surface area contributed by atoms with E-state index in [0.717, 1.165) is 42.0 Å². The lowest BCUT2D eigenvalue weighted by Gasteiger charge is -2.35. The summed E-state index contributed by atoms with van der Waals surface area (Å²) in [6.07, 6.45) is 5.47. The summed E-state index contributed by atoms with van der Waals surface area (Å²) in [6.45, 7) is 4.33. The van der Waals surface area contributed by atoms with Crippen molar-refractivity contribution in [3.05, 3.63) is 82.1 Å². The van der Waals surface area contributed by atoms with Crippen molar-refractivity contribution in [1.29, 1.82) is 0 Å². The van der Waals surface area contributed by atoms with Gasteiger partial charge in [-0.15, -0.1) is 11.3 Å². The van der Waals surface area contributed by atoms with E-state index >= 15 is 0 Å². The summed E-state index contributed by atoms with van der Waals surface area (Å²) in [5.74, 6) is 2.59. The molecule has 1 aliphatic rings. The van der Waals surface area contributed by atoms with Gasteiger partial charge in [0.25, 0.3) is 0 Å². The first-order valence-electron chi connectivity index (χ1n) is 9.82. The molecule has 4 aromatic rings. The number of aryl methyl sites for hydroxylation is 1. The van der Waals surface area contributed by atoms with E-state index in [0.29, 0.717) is 5.88 Å². The van der Waals surface area contributed by atoms with E-state index in [1.807, 2.05) is 25.4 Å². The molecular formula is C22H22N6OS. The van der Waals surface area contributed by atoms with E-state index in [4.69, 9.17) is 9.72 Å². The molecule has 0 saturated heterocycles. The van der Waals surface area contributed by atoms with Crippen molar-refractivity contribution in [3.8, 4) is 5.88 Å². The summed E-state index contributed by atoms with van der Waals surface area (Å²) in [4.78, 5) is 20.3. The van der Waals surface area contributed by atoms with Crippen LogP contribution in [0.4, 0.5) is 5.82 Å². The summed E-state index contributed by atoms with van der Waals surface area (Å²) >= 11 is 1.68. The zero-order chi connectivity index (χ0) is 20.5. The fourth-order valence-electron chi connectivity index (χ4n) is 4.04. The van der Waals surface area contributed by atoms with Gasteiger partial charge in [-0.05, 0) is 18.1 Å². The average molecular weight is 419 g/mol. The van der Waals surface area contributed by atoms with Crippen molar-refractivity contribution >= 4 is 17.2 Å². The number of hydrogen-bond donors (Lipinski definition) is 0. The predicted octanol–water partition coefficient (Wildman–Crippen LogP) is 3.65. The highest BCUT2D eigenvalue weighted by atomic mass is 32.1. The van der Waals surface area contributed by atoms with Crippen LogP contribution < -0.4 is 9.64 Å². The van der Waals surface area contributed by atoms with Crippen molar-refractivity contribution in [1.82, 2.24) is 24.5 Å². The minimum absolute atomic E-state index is 0.130. The van der Waals surface area contributed by atoms with Crippen LogP contribution in [0.5, 0.6) is 5.88 Å². The van der Waals surface area contributed by atoms with Crippen LogP contribution in [0.25, 0.3) is 0 Å². The molecule has 0 amide bonds. The van der Waals surface area contributed by atoms with Crippen molar-refractivity contribution in [2.75, 3.05) is 18.6 Å². The molecule has 0 fully saturated rings. The smallest absolute Gasteiger partial charge is 0.218 e. The highest BCUT2D eigenvalue weighted by molar-refractivity contribution is 7.09. The Morgan fingerprint density at radius 1 is 1.20 bits per heavy atom. The van der Waals surface area contributed by atoms with Gasteiger partial charge in [-0.3, -0.25) is 0 Å². The molecule has 0 radical (unpaired) electrons. The second-order valence-corrected chi connectivity index (χ2v) is 8.38. The molecule has 152 valence electrons. The van der Waals surface area contributed by atoms with Gasteiger partial charge in [0.2, 0.25) is 5.88 Å². The first-order chi connectivity index (χ1) is 14.7. The number of rotatable bonds is 5. The summed E-state index contributed by atoms with van der Waals surface area (Å²) in [5, 5.41) is 3.20. The number of methoxy groups -OCH3 is 1. The van der Waals surface area contributed by atoms with E-state index in [1.165, 1.54) is 11.1 Å². The molecule has 1 aliphatic heterocycles. The van der Waals surface area contributed by atoms with Crippen LogP contribution >= 0.6 is 11.3 Å². The Kier molecular flexibility index (Phi) is 4.92. The lowest BCUT2D eigenvalue weighted by molar-refractivity contribution is 0.396. The third-order valence-electron chi connectivity index (χ3n) is 5.41. The Morgan fingerprint density at radius 3 is 2.93 bits per heavy atom. The van der Waals surface area contributed by atoms with Crippen LogP contribution in [0.3, 0.4) is 0 Å². The van der Waals surface area contributed by atoms with Crippen molar-refractivity contribution < 1.29 is 4.74 Å². The second kappa shape index (κ2) is 7.87. The van der Waals surface area contributed by atoms with Gasteiger partial charge in [0.05, 0.1) is 30.3 Å². The number of hydrogen-bond acceptors (Lipinski definition) is 7. The monoisotopic (exact) mass is 418 g/mol. The normalized spacial score (nSPS) is 15.8. The van der Waals surface area contributed by atoms with Gasteiger partial charge in [-0.2, -0.15) is 0 Å². The Morgan fingerprint density at radius 2 is 2.10 bits per heavy atom. The maximum atomic E-state index is 5.30. The van der Waals surface area contributed by atoms with Gasteiger partial charge < -0.3 is 14.2 Å². The Labute approximate surface area is 179 Å². The number of fused-ring (bicyclic) bond motifs is 1. The number of imidazole rings is 1. The van der Waals surface area contributed by atoms with Gasteiger partial charge in [0, 0.05) is 36.9 Å². The van der Waals surface area contributed by atoms with Crippen molar-refractivity contribution in [2.45, 2.75) is 25.9 Å².